The van der Waals surface area contributed by atoms with Crippen LogP contribution < -0.4 is 0 Å². The van der Waals surface area contributed by atoms with E-state index in [9.17, 15) is 13.2 Å². The molecule has 0 bridgehead atoms. The summed E-state index contributed by atoms with van der Waals surface area (Å²) in [6, 6.07) is 5.01. The van der Waals surface area contributed by atoms with Crippen molar-refractivity contribution >= 4 is 0 Å². The van der Waals surface area contributed by atoms with Crippen LogP contribution in [0.15, 0.2) is 24.3 Å². The minimum absolute atomic E-state index is 0.0762. The van der Waals surface area contributed by atoms with E-state index in [1.54, 1.807) is 0 Å². The van der Waals surface area contributed by atoms with Crippen molar-refractivity contribution in [1.82, 2.24) is 0 Å². The summed E-state index contributed by atoms with van der Waals surface area (Å²) in [7, 11) is 0. The molecule has 0 unspecified atom stereocenters. The Hall–Kier alpha value is -1.03. The Morgan fingerprint density at radius 1 is 1.13 bits per heavy atom. The highest BCUT2D eigenvalue weighted by Gasteiger charge is 2.29. The first-order valence-electron chi connectivity index (χ1n) is 4.67. The summed E-state index contributed by atoms with van der Waals surface area (Å²) in [6.45, 7) is 4.10. The van der Waals surface area contributed by atoms with Gasteiger partial charge in [-0.3, -0.25) is 0 Å². The molecule has 1 aromatic carbocycles. The molecule has 0 saturated heterocycles. The highest BCUT2D eigenvalue weighted by atomic mass is 19.4. The van der Waals surface area contributed by atoms with Crippen molar-refractivity contribution in [3.63, 3.8) is 0 Å². The van der Waals surface area contributed by atoms with Gasteiger partial charge in [0.2, 0.25) is 0 Å². The zero-order valence-corrected chi connectivity index (χ0v) is 8.64. The van der Waals surface area contributed by atoms with Gasteiger partial charge in [-0.1, -0.05) is 12.1 Å². The number of hydrogen-bond donors (Lipinski definition) is 0. The molecular weight excluding hydrogens is 205 g/mol. The van der Waals surface area contributed by atoms with Crippen LogP contribution in [0, 0.1) is 0 Å². The lowest BCUT2D eigenvalue weighted by Gasteiger charge is -2.09. The first-order valence-corrected chi connectivity index (χ1v) is 4.67. The van der Waals surface area contributed by atoms with E-state index in [0.29, 0.717) is 6.61 Å². The largest absolute Gasteiger partial charge is 0.416 e. The fraction of sp³-hybridized carbons (Fsp3) is 0.455. The molecule has 0 saturated carbocycles. The summed E-state index contributed by atoms with van der Waals surface area (Å²) in [5, 5.41) is 0. The smallest absolute Gasteiger partial charge is 0.374 e. The van der Waals surface area contributed by atoms with Crippen LogP contribution >= 0.6 is 0 Å². The van der Waals surface area contributed by atoms with E-state index in [-0.39, 0.29) is 6.10 Å². The molecule has 1 aromatic rings. The van der Waals surface area contributed by atoms with Gasteiger partial charge in [-0.05, 0) is 31.5 Å². The van der Waals surface area contributed by atoms with E-state index in [4.69, 9.17) is 4.74 Å². The van der Waals surface area contributed by atoms with E-state index in [1.165, 1.54) is 12.1 Å². The molecule has 84 valence electrons. The number of rotatable bonds is 3. The lowest BCUT2D eigenvalue weighted by atomic mass is 10.1. The van der Waals surface area contributed by atoms with E-state index >= 15 is 0 Å². The second-order valence-corrected chi connectivity index (χ2v) is 3.55. The van der Waals surface area contributed by atoms with Crippen LogP contribution in [0.1, 0.15) is 25.0 Å². The van der Waals surface area contributed by atoms with Crippen LogP contribution in [-0.2, 0) is 17.5 Å². The lowest BCUT2D eigenvalue weighted by Crippen LogP contribution is -2.06. The van der Waals surface area contributed by atoms with Crippen LogP contribution in [0.2, 0.25) is 0 Å². The van der Waals surface area contributed by atoms with Crippen molar-refractivity contribution in [3.05, 3.63) is 35.4 Å². The number of hydrogen-bond acceptors (Lipinski definition) is 1. The summed E-state index contributed by atoms with van der Waals surface area (Å²) in [5.41, 5.74) is 0.118. The maximum Gasteiger partial charge on any atom is 0.416 e. The van der Waals surface area contributed by atoms with Gasteiger partial charge in [-0.25, -0.2) is 0 Å². The molecule has 0 N–H and O–H groups in total. The molecule has 0 amide bonds. The summed E-state index contributed by atoms with van der Waals surface area (Å²) in [5.74, 6) is 0. The summed E-state index contributed by atoms with van der Waals surface area (Å²) < 4.78 is 41.9. The van der Waals surface area contributed by atoms with Gasteiger partial charge in [0.25, 0.3) is 0 Å². The van der Waals surface area contributed by atoms with Crippen LogP contribution in [0.4, 0.5) is 13.2 Å². The van der Waals surface area contributed by atoms with Gasteiger partial charge < -0.3 is 4.74 Å². The Bertz CT molecular complexity index is 301. The number of halogens is 3. The average molecular weight is 218 g/mol. The first-order chi connectivity index (χ1) is 6.89. The lowest BCUT2D eigenvalue weighted by molar-refractivity contribution is -0.137. The zero-order valence-electron chi connectivity index (χ0n) is 8.64. The molecule has 0 atom stereocenters. The van der Waals surface area contributed by atoms with Gasteiger partial charge in [0.1, 0.15) is 0 Å². The molecule has 0 aromatic heterocycles. The molecule has 0 aliphatic heterocycles. The van der Waals surface area contributed by atoms with E-state index < -0.39 is 11.7 Å². The highest BCUT2D eigenvalue weighted by molar-refractivity contribution is 5.24. The monoisotopic (exact) mass is 218 g/mol. The number of ether oxygens (including phenoxy) is 1. The van der Waals surface area contributed by atoms with Crippen molar-refractivity contribution < 1.29 is 17.9 Å². The standard InChI is InChI=1S/C11H13F3O/c1-8(2)15-7-9-3-5-10(6-4-9)11(12,13)14/h3-6,8H,7H2,1-2H3. The van der Waals surface area contributed by atoms with E-state index in [2.05, 4.69) is 0 Å². The van der Waals surface area contributed by atoms with Gasteiger partial charge in [0.05, 0.1) is 18.3 Å². The topological polar surface area (TPSA) is 9.23 Å². The maximum atomic E-state index is 12.2. The number of benzene rings is 1. The molecule has 0 spiro atoms. The Labute approximate surface area is 86.9 Å². The van der Waals surface area contributed by atoms with Gasteiger partial charge in [-0.15, -0.1) is 0 Å². The van der Waals surface area contributed by atoms with Gasteiger partial charge in [0.15, 0.2) is 0 Å². The summed E-state index contributed by atoms with van der Waals surface area (Å²) >= 11 is 0. The van der Waals surface area contributed by atoms with Crippen LogP contribution in [0.5, 0.6) is 0 Å². The third-order valence-electron chi connectivity index (χ3n) is 1.86. The van der Waals surface area contributed by atoms with Gasteiger partial charge in [0, 0.05) is 0 Å². The van der Waals surface area contributed by atoms with Gasteiger partial charge in [-0.2, -0.15) is 13.2 Å². The Balaban J connectivity index is 2.65. The zero-order chi connectivity index (χ0) is 11.5. The van der Waals surface area contributed by atoms with Crippen LogP contribution in [0.3, 0.4) is 0 Å². The fourth-order valence-electron chi connectivity index (χ4n) is 1.05. The molecule has 0 radical (unpaired) electrons. The summed E-state index contributed by atoms with van der Waals surface area (Å²) in [6.07, 6.45) is -4.19. The van der Waals surface area contributed by atoms with Crippen molar-refractivity contribution in [2.75, 3.05) is 0 Å². The van der Waals surface area contributed by atoms with Crippen molar-refractivity contribution in [2.45, 2.75) is 32.7 Å². The third-order valence-corrected chi connectivity index (χ3v) is 1.86. The SMILES string of the molecule is CC(C)OCc1ccc(C(F)(F)F)cc1. The van der Waals surface area contributed by atoms with Crippen LogP contribution in [0.25, 0.3) is 0 Å². The molecular formula is C11H13F3O. The predicted molar refractivity (Wildman–Crippen MR) is 51.4 cm³/mol. The highest BCUT2D eigenvalue weighted by Crippen LogP contribution is 2.29. The minimum Gasteiger partial charge on any atom is -0.374 e. The molecule has 0 aliphatic rings. The third kappa shape index (κ3) is 3.91. The first kappa shape index (κ1) is 12.0. The molecule has 1 nitrogen and oxygen atoms in total. The predicted octanol–water partition coefficient (Wildman–Crippen LogP) is 3.63. The average Bonchev–Trinajstić information content (AvgIpc) is 2.14. The molecule has 1 rings (SSSR count). The van der Waals surface area contributed by atoms with Crippen molar-refractivity contribution in [1.29, 1.82) is 0 Å². The molecule has 0 aliphatic carbocycles. The molecule has 4 heteroatoms. The van der Waals surface area contributed by atoms with Crippen LogP contribution in [-0.4, -0.2) is 6.10 Å². The minimum atomic E-state index is -4.27. The number of alkyl halides is 3. The van der Waals surface area contributed by atoms with Crippen molar-refractivity contribution in [3.8, 4) is 0 Å². The Morgan fingerprint density at radius 3 is 2.07 bits per heavy atom. The molecule has 0 heterocycles. The van der Waals surface area contributed by atoms with E-state index in [0.717, 1.165) is 17.7 Å². The quantitative estimate of drug-likeness (QED) is 0.752. The van der Waals surface area contributed by atoms with Crippen molar-refractivity contribution in [2.24, 2.45) is 0 Å². The maximum absolute atomic E-state index is 12.2. The fourth-order valence-corrected chi connectivity index (χ4v) is 1.05. The normalized spacial score (nSPS) is 12.1. The second kappa shape index (κ2) is 4.66. The molecule has 0 fully saturated rings. The summed E-state index contributed by atoms with van der Waals surface area (Å²) in [4.78, 5) is 0. The second-order valence-electron chi connectivity index (χ2n) is 3.55. The van der Waals surface area contributed by atoms with Gasteiger partial charge >= 0.3 is 6.18 Å². The van der Waals surface area contributed by atoms with E-state index in [1.807, 2.05) is 13.8 Å². The Kier molecular flexibility index (Phi) is 3.74. The Morgan fingerprint density at radius 2 is 1.67 bits per heavy atom. The molecule has 15 heavy (non-hydrogen) atoms.